The summed E-state index contributed by atoms with van der Waals surface area (Å²) in [5, 5.41) is 17.0. The zero-order valence-electron chi connectivity index (χ0n) is 17.6. The quantitative estimate of drug-likeness (QED) is 0.474. The second-order valence-electron chi connectivity index (χ2n) is 7.87. The van der Waals surface area contributed by atoms with Crippen LogP contribution >= 0.6 is 11.3 Å². The van der Waals surface area contributed by atoms with Gasteiger partial charge >= 0.3 is 0 Å². The first-order chi connectivity index (χ1) is 15.2. The van der Waals surface area contributed by atoms with Crippen molar-refractivity contribution in [2.45, 2.75) is 50.7 Å². The van der Waals surface area contributed by atoms with Crippen molar-refractivity contribution in [2.24, 2.45) is 0 Å². The van der Waals surface area contributed by atoms with Crippen molar-refractivity contribution in [2.75, 3.05) is 11.9 Å². The van der Waals surface area contributed by atoms with Crippen molar-refractivity contribution in [3.8, 4) is 0 Å². The van der Waals surface area contributed by atoms with Crippen LogP contribution in [0.5, 0.6) is 0 Å². The van der Waals surface area contributed by atoms with Gasteiger partial charge in [-0.2, -0.15) is 0 Å². The van der Waals surface area contributed by atoms with E-state index in [1.54, 1.807) is 17.5 Å². The Morgan fingerprint density at radius 1 is 1.23 bits per heavy atom. The summed E-state index contributed by atoms with van der Waals surface area (Å²) in [6.07, 6.45) is 4.64. The van der Waals surface area contributed by atoms with E-state index in [1.807, 2.05) is 48.0 Å². The molecule has 3 N–H and O–H groups in total. The molecule has 1 aliphatic rings. The lowest BCUT2D eigenvalue weighted by Gasteiger charge is -2.23. The summed E-state index contributed by atoms with van der Waals surface area (Å²) in [6, 6.07) is 13.6. The maximum atomic E-state index is 12.6. The van der Waals surface area contributed by atoms with Crippen molar-refractivity contribution in [1.29, 1.82) is 0 Å². The smallest absolute Gasteiger partial charge is 0.234 e. The molecule has 31 heavy (non-hydrogen) atoms. The first-order valence-corrected chi connectivity index (χ1v) is 11.7. The number of aliphatic hydroxyl groups excluding tert-OH is 1. The summed E-state index contributed by atoms with van der Waals surface area (Å²) in [4.78, 5) is 22.6. The molecule has 1 aliphatic carbocycles. The number of carbonyl (C=O) groups excluding carboxylic acids is 1. The van der Waals surface area contributed by atoms with Crippen molar-refractivity contribution < 1.29 is 9.90 Å². The monoisotopic (exact) mass is 436 g/mol. The number of anilines is 1. The molecule has 7 heteroatoms. The number of nitrogens with one attached hydrogen (secondary N) is 2. The minimum atomic E-state index is -0.532. The molecule has 1 aromatic carbocycles. The van der Waals surface area contributed by atoms with E-state index in [2.05, 4.69) is 27.5 Å². The number of amides is 1. The number of hydrogen-bond donors (Lipinski definition) is 3. The van der Waals surface area contributed by atoms with Gasteiger partial charge in [0.15, 0.2) is 0 Å². The molecule has 1 amide bonds. The largest absolute Gasteiger partial charge is 0.387 e. The Kier molecular flexibility index (Phi) is 7.06. The van der Waals surface area contributed by atoms with Crippen molar-refractivity contribution in [3.63, 3.8) is 0 Å². The number of benzene rings is 1. The highest BCUT2D eigenvalue weighted by Gasteiger charge is 2.31. The van der Waals surface area contributed by atoms with Gasteiger partial charge in [-0.3, -0.25) is 4.79 Å². The molecule has 2 heterocycles. The van der Waals surface area contributed by atoms with E-state index in [9.17, 15) is 9.90 Å². The van der Waals surface area contributed by atoms with Gasteiger partial charge in [-0.1, -0.05) is 43.3 Å². The van der Waals surface area contributed by atoms with Gasteiger partial charge in [0, 0.05) is 17.1 Å². The number of nitrogens with zero attached hydrogens (tertiary/aromatic N) is 2. The number of thiazole rings is 1. The van der Waals surface area contributed by atoms with Gasteiger partial charge < -0.3 is 15.7 Å². The zero-order chi connectivity index (χ0) is 21.6. The van der Waals surface area contributed by atoms with E-state index in [0.717, 1.165) is 49.0 Å². The number of hydrogen-bond acceptors (Lipinski definition) is 6. The number of aliphatic hydroxyl groups is 1. The maximum Gasteiger partial charge on any atom is 0.234 e. The first-order valence-electron chi connectivity index (χ1n) is 10.8. The molecule has 0 spiro atoms. The lowest BCUT2D eigenvalue weighted by Crippen LogP contribution is -2.35. The fourth-order valence-electron chi connectivity index (χ4n) is 4.04. The molecule has 0 radical (unpaired) electrons. The van der Waals surface area contributed by atoms with Crippen LogP contribution in [0.15, 0.2) is 54.2 Å². The molecule has 0 fully saturated rings. The van der Waals surface area contributed by atoms with Crippen LogP contribution in [0.2, 0.25) is 0 Å². The number of aryl methyl sites for hydroxylation is 1. The predicted molar refractivity (Wildman–Crippen MR) is 123 cm³/mol. The summed E-state index contributed by atoms with van der Waals surface area (Å²) in [5.41, 5.74) is 4.74. The standard InChI is InChI=1S/C24H28N4O2S/c1-2-19(23(29)17-6-4-3-5-7-17)25-13-12-16-8-11-21(26-14-16)28-24(30)18-9-10-20-22(18)27-15-31-20/h3-8,11,14-15,18-19,23,25,29H,2,9-10,12-13H2,1H3,(H,26,28,30)/t18-,19-,23-/m1/s1. The van der Waals surface area contributed by atoms with E-state index in [4.69, 9.17) is 0 Å². The molecule has 0 aliphatic heterocycles. The summed E-state index contributed by atoms with van der Waals surface area (Å²) >= 11 is 1.62. The average molecular weight is 437 g/mol. The van der Waals surface area contributed by atoms with Gasteiger partial charge in [-0.15, -0.1) is 11.3 Å². The highest BCUT2D eigenvalue weighted by molar-refractivity contribution is 7.09. The van der Waals surface area contributed by atoms with Gasteiger partial charge in [-0.05, 0) is 49.4 Å². The Morgan fingerprint density at radius 3 is 2.81 bits per heavy atom. The van der Waals surface area contributed by atoms with Gasteiger partial charge in [0.05, 0.1) is 23.2 Å². The molecule has 0 bridgehead atoms. The topological polar surface area (TPSA) is 87.1 Å². The summed E-state index contributed by atoms with van der Waals surface area (Å²) in [6.45, 7) is 2.81. The Bertz CT molecular complexity index is 990. The average Bonchev–Trinajstić information content (AvgIpc) is 3.42. The van der Waals surface area contributed by atoms with Crippen LogP contribution in [-0.4, -0.2) is 33.6 Å². The van der Waals surface area contributed by atoms with Gasteiger partial charge in [-0.25, -0.2) is 9.97 Å². The van der Waals surface area contributed by atoms with E-state index < -0.39 is 6.10 Å². The molecule has 3 atom stereocenters. The number of carbonyl (C=O) groups is 1. The van der Waals surface area contributed by atoms with Gasteiger partial charge in [0.1, 0.15) is 5.82 Å². The van der Waals surface area contributed by atoms with Crippen LogP contribution < -0.4 is 10.6 Å². The Morgan fingerprint density at radius 2 is 2.06 bits per heavy atom. The van der Waals surface area contributed by atoms with Crippen LogP contribution in [0.3, 0.4) is 0 Å². The van der Waals surface area contributed by atoms with Crippen LogP contribution in [0.1, 0.15) is 53.5 Å². The van der Waals surface area contributed by atoms with Crippen molar-refractivity contribution in [3.05, 3.63) is 75.9 Å². The second-order valence-corrected chi connectivity index (χ2v) is 8.81. The molecule has 2 aromatic heterocycles. The number of aromatic nitrogens is 2. The Hall–Kier alpha value is -2.61. The third-order valence-electron chi connectivity index (χ3n) is 5.84. The van der Waals surface area contributed by atoms with Gasteiger partial charge in [0.2, 0.25) is 5.91 Å². The highest BCUT2D eigenvalue weighted by Crippen LogP contribution is 2.35. The number of pyridine rings is 1. The molecule has 162 valence electrons. The summed E-state index contributed by atoms with van der Waals surface area (Å²) < 4.78 is 0. The molecule has 0 saturated heterocycles. The van der Waals surface area contributed by atoms with Crippen LogP contribution in [-0.2, 0) is 17.6 Å². The Labute approximate surface area is 186 Å². The molecule has 6 nitrogen and oxygen atoms in total. The van der Waals surface area contributed by atoms with Crippen LogP contribution in [0.4, 0.5) is 5.82 Å². The van der Waals surface area contributed by atoms with Crippen molar-refractivity contribution >= 4 is 23.1 Å². The Balaban J connectivity index is 1.26. The molecule has 3 aromatic rings. The molecule has 4 rings (SSSR count). The van der Waals surface area contributed by atoms with E-state index in [1.165, 1.54) is 4.88 Å². The predicted octanol–water partition coefficient (Wildman–Crippen LogP) is 3.85. The lowest BCUT2D eigenvalue weighted by atomic mass is 10.00. The van der Waals surface area contributed by atoms with Crippen LogP contribution in [0, 0.1) is 0 Å². The lowest BCUT2D eigenvalue weighted by molar-refractivity contribution is -0.117. The fraction of sp³-hybridized carbons (Fsp3) is 0.375. The zero-order valence-corrected chi connectivity index (χ0v) is 18.4. The van der Waals surface area contributed by atoms with Gasteiger partial charge in [0.25, 0.3) is 0 Å². The third-order valence-corrected chi connectivity index (χ3v) is 6.75. The van der Waals surface area contributed by atoms with E-state index >= 15 is 0 Å². The summed E-state index contributed by atoms with van der Waals surface area (Å²) in [7, 11) is 0. The maximum absolute atomic E-state index is 12.6. The second kappa shape index (κ2) is 10.1. The van der Waals surface area contributed by atoms with Crippen LogP contribution in [0.25, 0.3) is 0 Å². The third kappa shape index (κ3) is 5.18. The fourth-order valence-corrected chi connectivity index (χ4v) is 4.89. The SMILES string of the molecule is CC[C@@H](NCCc1ccc(NC(=O)[C@@H]2CCc3scnc32)nc1)[C@H](O)c1ccccc1. The normalized spacial score (nSPS) is 17.2. The minimum absolute atomic E-state index is 0.00376. The first kappa shape index (κ1) is 21.6. The molecular weight excluding hydrogens is 408 g/mol. The van der Waals surface area contributed by atoms with E-state index in [0.29, 0.717) is 5.82 Å². The summed E-state index contributed by atoms with van der Waals surface area (Å²) in [5.74, 6) is 0.359. The minimum Gasteiger partial charge on any atom is -0.387 e. The van der Waals surface area contributed by atoms with E-state index in [-0.39, 0.29) is 17.9 Å². The number of rotatable bonds is 9. The highest BCUT2D eigenvalue weighted by atomic mass is 32.1. The van der Waals surface area contributed by atoms with Crippen molar-refractivity contribution in [1.82, 2.24) is 15.3 Å². The molecule has 0 saturated carbocycles. The number of fused-ring (bicyclic) bond motifs is 1. The molecule has 0 unspecified atom stereocenters. The molecular formula is C24H28N4O2S.